The van der Waals surface area contributed by atoms with E-state index in [1.165, 1.54) is 0 Å². The zero-order chi connectivity index (χ0) is 7.90. The van der Waals surface area contributed by atoms with Gasteiger partial charge in [-0.2, -0.15) is 5.10 Å². The summed E-state index contributed by atoms with van der Waals surface area (Å²) in [6, 6.07) is 1.90. The van der Waals surface area contributed by atoms with Crippen LogP contribution in [0.1, 0.15) is 25.5 Å². The summed E-state index contributed by atoms with van der Waals surface area (Å²) in [5.41, 5.74) is 0.437. The van der Waals surface area contributed by atoms with Crippen molar-refractivity contribution in [3.05, 3.63) is 18.0 Å². The summed E-state index contributed by atoms with van der Waals surface area (Å²) >= 11 is 0. The zero-order valence-electron chi connectivity index (χ0n) is 6.62. The second-order valence-corrected chi connectivity index (χ2v) is 3.06. The molecule has 1 saturated carbocycles. The predicted octanol–water partition coefficient (Wildman–Crippen LogP) is 0.884. The first-order valence-corrected chi connectivity index (χ1v) is 4.01. The Kier molecular flexibility index (Phi) is 1.29. The third kappa shape index (κ3) is 0.959. The summed E-state index contributed by atoms with van der Waals surface area (Å²) < 4.78 is 1.85. The predicted molar refractivity (Wildman–Crippen MR) is 41.0 cm³/mol. The maximum atomic E-state index is 9.74. The van der Waals surface area contributed by atoms with Gasteiger partial charge in [-0.25, -0.2) is 0 Å². The molecule has 1 aromatic rings. The Morgan fingerprint density at radius 1 is 1.73 bits per heavy atom. The van der Waals surface area contributed by atoms with Crippen LogP contribution in [-0.2, 0) is 12.1 Å². The van der Waals surface area contributed by atoms with E-state index in [1.807, 2.05) is 17.7 Å². The van der Waals surface area contributed by atoms with E-state index in [4.69, 9.17) is 0 Å². The molecule has 60 valence electrons. The van der Waals surface area contributed by atoms with Gasteiger partial charge in [0.25, 0.3) is 0 Å². The van der Waals surface area contributed by atoms with Crippen LogP contribution in [0.3, 0.4) is 0 Å². The first-order valence-electron chi connectivity index (χ1n) is 4.01. The molecule has 0 aromatic carbocycles. The Labute approximate surface area is 65.7 Å². The minimum Gasteiger partial charge on any atom is -0.384 e. The van der Waals surface area contributed by atoms with E-state index >= 15 is 0 Å². The number of rotatable bonds is 2. The van der Waals surface area contributed by atoms with Crippen molar-refractivity contribution in [2.75, 3.05) is 0 Å². The van der Waals surface area contributed by atoms with Crippen LogP contribution in [0.25, 0.3) is 0 Å². The van der Waals surface area contributed by atoms with Crippen LogP contribution in [0.5, 0.6) is 0 Å². The van der Waals surface area contributed by atoms with E-state index in [9.17, 15) is 5.11 Å². The lowest BCUT2D eigenvalue weighted by molar-refractivity contribution is 0.140. The van der Waals surface area contributed by atoms with Crippen LogP contribution in [0.2, 0.25) is 0 Å². The molecule has 0 spiro atoms. The Balaban J connectivity index is 2.36. The molecule has 0 bridgehead atoms. The highest BCUT2D eigenvalue weighted by atomic mass is 16.3. The third-order valence-electron chi connectivity index (χ3n) is 2.22. The Morgan fingerprint density at radius 3 is 3.00 bits per heavy atom. The second-order valence-electron chi connectivity index (χ2n) is 3.06. The molecule has 2 rings (SSSR count). The Morgan fingerprint density at radius 2 is 2.45 bits per heavy atom. The lowest BCUT2D eigenvalue weighted by Gasteiger charge is -2.08. The fraction of sp³-hybridized carbons (Fsp3) is 0.625. The molecule has 0 aliphatic heterocycles. The van der Waals surface area contributed by atoms with Crippen molar-refractivity contribution in [1.29, 1.82) is 0 Å². The van der Waals surface area contributed by atoms with Crippen LogP contribution < -0.4 is 0 Å². The molecule has 11 heavy (non-hydrogen) atoms. The quantitative estimate of drug-likeness (QED) is 0.683. The van der Waals surface area contributed by atoms with Gasteiger partial charge < -0.3 is 5.11 Å². The van der Waals surface area contributed by atoms with E-state index in [-0.39, 0.29) is 0 Å². The highest BCUT2D eigenvalue weighted by molar-refractivity contribution is 5.18. The topological polar surface area (TPSA) is 38.0 Å². The molecule has 0 unspecified atom stereocenters. The van der Waals surface area contributed by atoms with Crippen LogP contribution in [0.15, 0.2) is 12.3 Å². The van der Waals surface area contributed by atoms with E-state index in [0.29, 0.717) is 0 Å². The maximum Gasteiger partial charge on any atom is 0.106 e. The van der Waals surface area contributed by atoms with Crippen molar-refractivity contribution in [2.45, 2.75) is 31.9 Å². The smallest absolute Gasteiger partial charge is 0.106 e. The van der Waals surface area contributed by atoms with Crippen molar-refractivity contribution in [3.8, 4) is 0 Å². The lowest BCUT2D eigenvalue weighted by atomic mass is 10.2. The molecule has 1 aromatic heterocycles. The normalized spacial score (nSPS) is 20.2. The SMILES string of the molecule is CCn1nccc1C1(O)CC1. The van der Waals surface area contributed by atoms with Gasteiger partial charge in [0, 0.05) is 12.7 Å². The summed E-state index contributed by atoms with van der Waals surface area (Å²) in [7, 11) is 0. The molecule has 1 N–H and O–H groups in total. The van der Waals surface area contributed by atoms with Gasteiger partial charge in [0.1, 0.15) is 5.60 Å². The van der Waals surface area contributed by atoms with Crippen molar-refractivity contribution >= 4 is 0 Å². The number of nitrogens with zero attached hydrogens (tertiary/aromatic N) is 2. The number of aromatic nitrogens is 2. The van der Waals surface area contributed by atoms with Crippen molar-refractivity contribution in [3.63, 3.8) is 0 Å². The minimum absolute atomic E-state index is 0.535. The molecular weight excluding hydrogens is 140 g/mol. The number of aryl methyl sites for hydroxylation is 1. The molecule has 3 heteroatoms. The fourth-order valence-electron chi connectivity index (χ4n) is 1.35. The van der Waals surface area contributed by atoms with Gasteiger partial charge in [-0.1, -0.05) is 0 Å². The molecular formula is C8H12N2O. The first-order chi connectivity index (χ1) is 5.26. The summed E-state index contributed by atoms with van der Waals surface area (Å²) in [4.78, 5) is 0. The van der Waals surface area contributed by atoms with Crippen molar-refractivity contribution < 1.29 is 5.11 Å². The van der Waals surface area contributed by atoms with Gasteiger partial charge in [-0.05, 0) is 25.8 Å². The summed E-state index contributed by atoms with van der Waals surface area (Å²) in [6.45, 7) is 2.87. The van der Waals surface area contributed by atoms with Gasteiger partial charge in [-0.15, -0.1) is 0 Å². The van der Waals surface area contributed by atoms with Crippen LogP contribution >= 0.6 is 0 Å². The molecule has 1 fully saturated rings. The summed E-state index contributed by atoms with van der Waals surface area (Å²) in [5.74, 6) is 0. The molecule has 1 aliphatic carbocycles. The molecule has 1 heterocycles. The third-order valence-corrected chi connectivity index (χ3v) is 2.22. The maximum absolute atomic E-state index is 9.74. The molecule has 3 nitrogen and oxygen atoms in total. The van der Waals surface area contributed by atoms with E-state index in [1.54, 1.807) is 6.20 Å². The molecule has 0 saturated heterocycles. The van der Waals surface area contributed by atoms with Gasteiger partial charge in [0.05, 0.1) is 5.69 Å². The fourth-order valence-corrected chi connectivity index (χ4v) is 1.35. The molecule has 0 amide bonds. The summed E-state index contributed by atoms with van der Waals surface area (Å²) in [5, 5.41) is 13.8. The van der Waals surface area contributed by atoms with Crippen molar-refractivity contribution in [1.82, 2.24) is 9.78 Å². The molecule has 0 atom stereocenters. The number of aliphatic hydroxyl groups is 1. The van der Waals surface area contributed by atoms with Gasteiger partial charge in [0.2, 0.25) is 0 Å². The van der Waals surface area contributed by atoms with E-state index < -0.39 is 5.60 Å². The Bertz CT molecular complexity index is 263. The Hall–Kier alpha value is -0.830. The van der Waals surface area contributed by atoms with Crippen LogP contribution in [0, 0.1) is 0 Å². The summed E-state index contributed by atoms with van der Waals surface area (Å²) in [6.07, 6.45) is 3.52. The monoisotopic (exact) mass is 152 g/mol. The molecule has 0 radical (unpaired) electrons. The minimum atomic E-state index is -0.535. The van der Waals surface area contributed by atoms with Gasteiger partial charge in [0.15, 0.2) is 0 Å². The largest absolute Gasteiger partial charge is 0.384 e. The standard InChI is InChI=1S/C8H12N2O/c1-2-10-7(3-6-9-10)8(11)4-5-8/h3,6,11H,2,4-5H2,1H3. The highest BCUT2D eigenvalue weighted by Crippen LogP contribution is 2.44. The highest BCUT2D eigenvalue weighted by Gasteiger charge is 2.44. The van der Waals surface area contributed by atoms with Gasteiger partial charge in [-0.3, -0.25) is 4.68 Å². The second kappa shape index (κ2) is 2.08. The number of hydrogen-bond donors (Lipinski definition) is 1. The lowest BCUT2D eigenvalue weighted by Crippen LogP contribution is -2.12. The average Bonchev–Trinajstić information content (AvgIpc) is 2.61. The average molecular weight is 152 g/mol. The van der Waals surface area contributed by atoms with Crippen molar-refractivity contribution in [2.24, 2.45) is 0 Å². The van der Waals surface area contributed by atoms with E-state index in [2.05, 4.69) is 5.10 Å². The van der Waals surface area contributed by atoms with Gasteiger partial charge >= 0.3 is 0 Å². The first kappa shape index (κ1) is 6.85. The molecule has 1 aliphatic rings. The zero-order valence-corrected chi connectivity index (χ0v) is 6.62. The van der Waals surface area contributed by atoms with Crippen LogP contribution in [0.4, 0.5) is 0 Å². The number of hydrogen-bond acceptors (Lipinski definition) is 2. The van der Waals surface area contributed by atoms with E-state index in [0.717, 1.165) is 25.1 Å². The van der Waals surface area contributed by atoms with Crippen LogP contribution in [-0.4, -0.2) is 14.9 Å².